The average molecular weight is 375 g/mol. The zero-order valence-corrected chi connectivity index (χ0v) is 17.1. The van der Waals surface area contributed by atoms with Crippen molar-refractivity contribution in [3.8, 4) is 11.5 Å². The Morgan fingerprint density at radius 1 is 1.04 bits per heavy atom. The molecule has 0 unspecified atom stereocenters. The van der Waals surface area contributed by atoms with E-state index in [0.717, 1.165) is 32.1 Å². The minimum atomic E-state index is -1.14. The molecule has 3 N–H and O–H groups in total. The third kappa shape index (κ3) is 7.49. The van der Waals surface area contributed by atoms with Crippen LogP contribution in [0, 0.1) is 0 Å². The summed E-state index contributed by atoms with van der Waals surface area (Å²) in [5, 5.41) is 30.3. The molecule has 0 atom stereocenters. The first-order valence-corrected chi connectivity index (χ1v) is 9.86. The molecule has 27 heavy (non-hydrogen) atoms. The van der Waals surface area contributed by atoms with E-state index in [1.807, 2.05) is 0 Å². The number of allylic oxidation sites excluding steroid dienone is 4. The van der Waals surface area contributed by atoms with E-state index < -0.39 is 5.97 Å². The molecule has 0 bridgehead atoms. The quantitative estimate of drug-likeness (QED) is 0.320. The summed E-state index contributed by atoms with van der Waals surface area (Å²) in [6.07, 6.45) is 10.7. The van der Waals surface area contributed by atoms with Crippen LogP contribution in [-0.4, -0.2) is 21.3 Å². The fourth-order valence-electron chi connectivity index (χ4n) is 3.15. The number of rotatable bonds is 11. The van der Waals surface area contributed by atoms with Gasteiger partial charge in [0.25, 0.3) is 0 Å². The highest BCUT2D eigenvalue weighted by Gasteiger charge is 2.21. The summed E-state index contributed by atoms with van der Waals surface area (Å²) in [5.41, 5.74) is 3.31. The molecule has 4 nitrogen and oxygen atoms in total. The molecule has 0 amide bonds. The molecule has 0 aliphatic rings. The monoisotopic (exact) mass is 374 g/mol. The van der Waals surface area contributed by atoms with Gasteiger partial charge in [0, 0.05) is 5.56 Å². The topological polar surface area (TPSA) is 77.8 Å². The predicted octanol–water partition coefficient (Wildman–Crippen LogP) is 6.15. The van der Waals surface area contributed by atoms with Crippen LogP contribution < -0.4 is 0 Å². The number of aromatic hydroxyl groups is 2. The second-order valence-electron chi connectivity index (χ2n) is 7.43. The Morgan fingerprint density at radius 3 is 2.33 bits per heavy atom. The van der Waals surface area contributed by atoms with Gasteiger partial charge in [0.1, 0.15) is 17.1 Å². The lowest BCUT2D eigenvalue weighted by Crippen LogP contribution is -2.06. The molecule has 4 heteroatoms. The number of phenolic OH excluding ortho intramolecular Hbond substituents is 1. The minimum Gasteiger partial charge on any atom is -0.508 e. The van der Waals surface area contributed by atoms with Gasteiger partial charge in [-0.15, -0.1) is 0 Å². The van der Waals surface area contributed by atoms with Gasteiger partial charge in [-0.1, -0.05) is 43.1 Å². The number of benzene rings is 1. The summed E-state index contributed by atoms with van der Waals surface area (Å²) in [5.74, 6) is -1.45. The minimum absolute atomic E-state index is 0.0143. The van der Waals surface area contributed by atoms with Gasteiger partial charge >= 0.3 is 5.97 Å². The maximum Gasteiger partial charge on any atom is 0.339 e. The van der Waals surface area contributed by atoms with E-state index in [0.29, 0.717) is 30.4 Å². The maximum absolute atomic E-state index is 11.6. The van der Waals surface area contributed by atoms with Gasteiger partial charge < -0.3 is 15.3 Å². The van der Waals surface area contributed by atoms with Crippen molar-refractivity contribution in [1.29, 1.82) is 0 Å². The molecule has 0 heterocycles. The van der Waals surface area contributed by atoms with Gasteiger partial charge in [-0.05, 0) is 70.9 Å². The van der Waals surface area contributed by atoms with Crippen LogP contribution in [0.5, 0.6) is 11.5 Å². The Balaban J connectivity index is 2.90. The highest BCUT2D eigenvalue weighted by molar-refractivity contribution is 5.93. The van der Waals surface area contributed by atoms with Crippen LogP contribution >= 0.6 is 0 Å². The first kappa shape index (κ1) is 22.8. The van der Waals surface area contributed by atoms with Crippen molar-refractivity contribution in [2.75, 3.05) is 0 Å². The highest BCUT2D eigenvalue weighted by atomic mass is 16.4. The zero-order valence-electron chi connectivity index (χ0n) is 17.1. The summed E-state index contributed by atoms with van der Waals surface area (Å²) in [6, 6.07) is 1.51. The molecule has 0 aliphatic heterocycles. The van der Waals surface area contributed by atoms with E-state index in [-0.39, 0.29) is 17.1 Å². The molecule has 0 aliphatic carbocycles. The van der Waals surface area contributed by atoms with Gasteiger partial charge in [0.15, 0.2) is 0 Å². The molecule has 1 rings (SSSR count). The summed E-state index contributed by atoms with van der Waals surface area (Å²) in [4.78, 5) is 11.6. The van der Waals surface area contributed by atoms with Crippen LogP contribution in [-0.2, 0) is 12.8 Å². The molecule has 0 fully saturated rings. The van der Waals surface area contributed by atoms with Gasteiger partial charge in [-0.3, -0.25) is 0 Å². The first-order valence-electron chi connectivity index (χ1n) is 9.86. The SMILES string of the molecule is CCCCCc1cc(O)c(CC/C=C(/C)CCC=C(C)C)c(O)c1C(=O)O. The van der Waals surface area contributed by atoms with Gasteiger partial charge in [0.05, 0.1) is 0 Å². The van der Waals surface area contributed by atoms with Crippen LogP contribution in [0.3, 0.4) is 0 Å². The van der Waals surface area contributed by atoms with Crippen molar-refractivity contribution in [2.45, 2.75) is 79.1 Å². The van der Waals surface area contributed by atoms with E-state index in [4.69, 9.17) is 0 Å². The lowest BCUT2D eigenvalue weighted by Gasteiger charge is -2.14. The smallest absolute Gasteiger partial charge is 0.339 e. The Hall–Kier alpha value is -2.23. The Labute approximate surface area is 163 Å². The van der Waals surface area contributed by atoms with Crippen LogP contribution in [0.25, 0.3) is 0 Å². The Morgan fingerprint density at radius 2 is 1.74 bits per heavy atom. The van der Waals surface area contributed by atoms with Crippen LogP contribution in [0.2, 0.25) is 0 Å². The molecule has 150 valence electrons. The summed E-state index contributed by atoms with van der Waals surface area (Å²) in [6.45, 7) is 8.30. The van der Waals surface area contributed by atoms with Crippen LogP contribution in [0.15, 0.2) is 29.4 Å². The zero-order chi connectivity index (χ0) is 20.4. The fraction of sp³-hybridized carbons (Fsp3) is 0.522. The molecule has 1 aromatic carbocycles. The third-order valence-corrected chi connectivity index (χ3v) is 4.71. The largest absolute Gasteiger partial charge is 0.508 e. The Bertz CT molecular complexity index is 695. The summed E-state index contributed by atoms with van der Waals surface area (Å²) in [7, 11) is 0. The lowest BCUT2D eigenvalue weighted by atomic mass is 9.94. The van der Waals surface area contributed by atoms with Crippen molar-refractivity contribution in [2.24, 2.45) is 0 Å². The Kier molecular flexibility index (Phi) is 9.70. The van der Waals surface area contributed by atoms with Gasteiger partial charge in [0.2, 0.25) is 0 Å². The van der Waals surface area contributed by atoms with Crippen molar-refractivity contribution in [3.05, 3.63) is 46.1 Å². The lowest BCUT2D eigenvalue weighted by molar-refractivity contribution is 0.0692. The summed E-state index contributed by atoms with van der Waals surface area (Å²) >= 11 is 0. The number of carboxylic acid groups (broad SMARTS) is 1. The summed E-state index contributed by atoms with van der Waals surface area (Å²) < 4.78 is 0. The number of carbonyl (C=O) groups is 1. The predicted molar refractivity (Wildman–Crippen MR) is 111 cm³/mol. The standard InChI is InChI=1S/C23H34O4/c1-5-6-7-13-18-15-20(24)19(22(25)21(18)23(26)27)14-9-12-17(4)11-8-10-16(2)3/h10,12,15,24-25H,5-9,11,13-14H2,1-4H3,(H,26,27)/b17-12-. The van der Waals surface area contributed by atoms with Crippen molar-refractivity contribution >= 4 is 5.97 Å². The molecule has 0 aromatic heterocycles. The third-order valence-electron chi connectivity index (χ3n) is 4.71. The molecule has 0 spiro atoms. The molecule has 0 radical (unpaired) electrons. The van der Waals surface area contributed by atoms with E-state index in [1.165, 1.54) is 17.2 Å². The number of hydrogen-bond donors (Lipinski definition) is 3. The number of aryl methyl sites for hydroxylation is 1. The normalized spacial score (nSPS) is 11.5. The molecular weight excluding hydrogens is 340 g/mol. The highest BCUT2D eigenvalue weighted by Crippen LogP contribution is 2.35. The number of unbranched alkanes of at least 4 members (excludes halogenated alkanes) is 2. The number of hydrogen-bond acceptors (Lipinski definition) is 3. The first-order chi connectivity index (χ1) is 12.8. The van der Waals surface area contributed by atoms with Crippen LogP contribution in [0.1, 0.15) is 87.7 Å². The van der Waals surface area contributed by atoms with Crippen LogP contribution in [0.4, 0.5) is 0 Å². The van der Waals surface area contributed by atoms with E-state index >= 15 is 0 Å². The fourth-order valence-corrected chi connectivity index (χ4v) is 3.15. The van der Waals surface area contributed by atoms with E-state index in [2.05, 4.69) is 39.8 Å². The van der Waals surface area contributed by atoms with Crippen molar-refractivity contribution in [1.82, 2.24) is 0 Å². The van der Waals surface area contributed by atoms with Gasteiger partial charge in [-0.2, -0.15) is 0 Å². The molecule has 0 saturated carbocycles. The average Bonchev–Trinajstić information content (AvgIpc) is 2.57. The second kappa shape index (κ2) is 11.5. The molecule has 0 saturated heterocycles. The second-order valence-corrected chi connectivity index (χ2v) is 7.43. The molecule has 1 aromatic rings. The maximum atomic E-state index is 11.6. The number of phenols is 2. The number of aromatic carboxylic acids is 1. The van der Waals surface area contributed by atoms with Crippen molar-refractivity contribution < 1.29 is 20.1 Å². The molecular formula is C23H34O4. The van der Waals surface area contributed by atoms with Gasteiger partial charge in [-0.25, -0.2) is 4.79 Å². The van der Waals surface area contributed by atoms with Crippen molar-refractivity contribution in [3.63, 3.8) is 0 Å². The van der Waals surface area contributed by atoms with E-state index in [1.54, 1.807) is 0 Å². The van der Waals surface area contributed by atoms with E-state index in [9.17, 15) is 20.1 Å². The number of carboxylic acids is 1.